The van der Waals surface area contributed by atoms with Crippen LogP contribution in [0.15, 0.2) is 18.2 Å². The van der Waals surface area contributed by atoms with E-state index in [4.69, 9.17) is 5.11 Å². The zero-order chi connectivity index (χ0) is 10.8. The van der Waals surface area contributed by atoms with Gasteiger partial charge in [0.15, 0.2) is 0 Å². The van der Waals surface area contributed by atoms with Crippen LogP contribution in [-0.2, 0) is 11.2 Å². The van der Waals surface area contributed by atoms with Gasteiger partial charge in [0.1, 0.15) is 0 Å². The molecule has 1 aliphatic heterocycles. The number of fused-ring (bicyclic) bond motifs is 1. The highest BCUT2D eigenvalue weighted by Gasteiger charge is 2.16. The van der Waals surface area contributed by atoms with Gasteiger partial charge in [0.2, 0.25) is 0 Å². The van der Waals surface area contributed by atoms with E-state index in [1.807, 2.05) is 18.2 Å². The predicted molar refractivity (Wildman–Crippen MR) is 59.3 cm³/mol. The van der Waals surface area contributed by atoms with Crippen LogP contribution in [-0.4, -0.2) is 17.6 Å². The fourth-order valence-corrected chi connectivity index (χ4v) is 1.91. The minimum Gasteiger partial charge on any atom is -0.481 e. The summed E-state index contributed by atoms with van der Waals surface area (Å²) in [5.74, 6) is -1.18. The molecule has 3 heteroatoms. The van der Waals surface area contributed by atoms with Gasteiger partial charge in [-0.15, -0.1) is 0 Å². The summed E-state index contributed by atoms with van der Waals surface area (Å²) < 4.78 is 0. The van der Waals surface area contributed by atoms with Crippen molar-refractivity contribution in [3.63, 3.8) is 0 Å². The number of hydrogen-bond donors (Lipinski definition) is 2. The van der Waals surface area contributed by atoms with Gasteiger partial charge in [0.05, 0.1) is 5.92 Å². The molecule has 0 radical (unpaired) electrons. The summed E-state index contributed by atoms with van der Waals surface area (Å²) in [6.45, 7) is 2.74. The monoisotopic (exact) mass is 205 g/mol. The molecule has 0 spiro atoms. The Balaban J connectivity index is 2.31. The summed E-state index contributed by atoms with van der Waals surface area (Å²) in [6, 6.07) is 5.90. The summed E-state index contributed by atoms with van der Waals surface area (Å²) >= 11 is 0. The second kappa shape index (κ2) is 3.93. The molecule has 0 amide bonds. The number of rotatable bonds is 2. The van der Waals surface area contributed by atoms with E-state index in [2.05, 4.69) is 5.32 Å². The van der Waals surface area contributed by atoms with Gasteiger partial charge in [-0.2, -0.15) is 0 Å². The zero-order valence-corrected chi connectivity index (χ0v) is 8.79. The molecule has 0 saturated carbocycles. The molecule has 2 N–H and O–H groups in total. The quantitative estimate of drug-likeness (QED) is 0.778. The van der Waals surface area contributed by atoms with E-state index in [-0.39, 0.29) is 0 Å². The molecule has 0 bridgehead atoms. The molecular weight excluding hydrogens is 190 g/mol. The van der Waals surface area contributed by atoms with E-state index in [1.165, 1.54) is 5.56 Å². The van der Waals surface area contributed by atoms with Crippen molar-refractivity contribution in [2.75, 3.05) is 11.9 Å². The number of carboxylic acids is 1. The second-order valence-electron chi connectivity index (χ2n) is 4.01. The smallest absolute Gasteiger partial charge is 0.310 e. The largest absolute Gasteiger partial charge is 0.481 e. The zero-order valence-electron chi connectivity index (χ0n) is 8.79. The van der Waals surface area contributed by atoms with Gasteiger partial charge < -0.3 is 10.4 Å². The Morgan fingerprint density at radius 1 is 1.53 bits per heavy atom. The van der Waals surface area contributed by atoms with Crippen molar-refractivity contribution in [2.45, 2.75) is 25.7 Å². The van der Waals surface area contributed by atoms with Crippen molar-refractivity contribution in [1.29, 1.82) is 0 Å². The van der Waals surface area contributed by atoms with Gasteiger partial charge in [0.25, 0.3) is 0 Å². The minimum atomic E-state index is -0.765. The molecule has 1 atom stereocenters. The van der Waals surface area contributed by atoms with Crippen molar-refractivity contribution in [2.24, 2.45) is 0 Å². The molecule has 1 unspecified atom stereocenters. The molecule has 15 heavy (non-hydrogen) atoms. The Hall–Kier alpha value is -1.51. The van der Waals surface area contributed by atoms with Crippen LogP contribution in [0, 0.1) is 0 Å². The normalized spacial score (nSPS) is 16.3. The maximum absolute atomic E-state index is 10.9. The van der Waals surface area contributed by atoms with Gasteiger partial charge in [-0.05, 0) is 37.0 Å². The van der Waals surface area contributed by atoms with Crippen LogP contribution in [0.2, 0.25) is 0 Å². The summed E-state index contributed by atoms with van der Waals surface area (Å²) in [5, 5.41) is 12.2. The molecule has 2 rings (SSSR count). The Morgan fingerprint density at radius 3 is 3.07 bits per heavy atom. The standard InChI is InChI=1S/C12H15NO2/c1-8(12(14)15)9-4-5-11-10(7-9)3-2-6-13-11/h4-5,7-8,13H,2-3,6H2,1H3,(H,14,15). The topological polar surface area (TPSA) is 49.3 Å². The highest BCUT2D eigenvalue weighted by atomic mass is 16.4. The summed E-state index contributed by atoms with van der Waals surface area (Å²) in [6.07, 6.45) is 2.17. The van der Waals surface area contributed by atoms with Crippen LogP contribution in [0.3, 0.4) is 0 Å². The third-order valence-electron chi connectivity index (χ3n) is 2.94. The van der Waals surface area contributed by atoms with E-state index in [1.54, 1.807) is 6.92 Å². The average Bonchev–Trinajstić information content (AvgIpc) is 2.27. The third-order valence-corrected chi connectivity index (χ3v) is 2.94. The van der Waals surface area contributed by atoms with Crippen LogP contribution in [0.1, 0.15) is 30.4 Å². The van der Waals surface area contributed by atoms with Crippen LogP contribution >= 0.6 is 0 Å². The van der Waals surface area contributed by atoms with Gasteiger partial charge >= 0.3 is 5.97 Å². The molecule has 1 aromatic carbocycles. The average molecular weight is 205 g/mol. The van der Waals surface area contributed by atoms with E-state index in [9.17, 15) is 4.79 Å². The fraction of sp³-hybridized carbons (Fsp3) is 0.417. The number of aliphatic carboxylic acids is 1. The summed E-state index contributed by atoms with van der Waals surface area (Å²) in [7, 11) is 0. The first-order valence-electron chi connectivity index (χ1n) is 5.28. The molecule has 80 valence electrons. The Labute approximate surface area is 89.1 Å². The number of carbonyl (C=O) groups is 1. The number of nitrogens with one attached hydrogen (secondary N) is 1. The molecule has 3 nitrogen and oxygen atoms in total. The fourth-order valence-electron chi connectivity index (χ4n) is 1.91. The maximum atomic E-state index is 10.9. The van der Waals surface area contributed by atoms with E-state index in [0.29, 0.717) is 0 Å². The lowest BCUT2D eigenvalue weighted by Gasteiger charge is -2.19. The number of anilines is 1. The lowest BCUT2D eigenvalue weighted by molar-refractivity contribution is -0.138. The lowest BCUT2D eigenvalue weighted by Crippen LogP contribution is -2.13. The van der Waals surface area contributed by atoms with Gasteiger partial charge in [-0.25, -0.2) is 0 Å². The summed E-state index contributed by atoms with van der Waals surface area (Å²) in [4.78, 5) is 10.9. The number of aryl methyl sites for hydroxylation is 1. The van der Waals surface area contributed by atoms with E-state index < -0.39 is 11.9 Å². The highest BCUT2D eigenvalue weighted by molar-refractivity contribution is 5.76. The predicted octanol–water partition coefficient (Wildman–Crippen LogP) is 2.23. The van der Waals surface area contributed by atoms with Crippen molar-refractivity contribution < 1.29 is 9.90 Å². The van der Waals surface area contributed by atoms with Crippen molar-refractivity contribution in [3.05, 3.63) is 29.3 Å². The molecule has 1 aliphatic rings. The van der Waals surface area contributed by atoms with Gasteiger partial charge in [-0.1, -0.05) is 12.1 Å². The molecule has 0 aromatic heterocycles. The van der Waals surface area contributed by atoms with Crippen molar-refractivity contribution in [3.8, 4) is 0 Å². The Kier molecular flexibility index (Phi) is 2.62. The number of benzene rings is 1. The van der Waals surface area contributed by atoms with Crippen LogP contribution in [0.5, 0.6) is 0 Å². The van der Waals surface area contributed by atoms with Crippen molar-refractivity contribution in [1.82, 2.24) is 0 Å². The van der Waals surface area contributed by atoms with Crippen LogP contribution in [0.4, 0.5) is 5.69 Å². The third kappa shape index (κ3) is 1.96. The maximum Gasteiger partial charge on any atom is 0.310 e. The van der Waals surface area contributed by atoms with E-state index in [0.717, 1.165) is 30.6 Å². The molecule has 0 saturated heterocycles. The van der Waals surface area contributed by atoms with Crippen LogP contribution < -0.4 is 5.32 Å². The summed E-state index contributed by atoms with van der Waals surface area (Å²) in [5.41, 5.74) is 3.29. The van der Waals surface area contributed by atoms with Gasteiger partial charge in [0, 0.05) is 12.2 Å². The lowest BCUT2D eigenvalue weighted by atomic mass is 9.95. The first-order valence-corrected chi connectivity index (χ1v) is 5.28. The first-order chi connectivity index (χ1) is 7.18. The number of hydrogen-bond acceptors (Lipinski definition) is 2. The van der Waals surface area contributed by atoms with Crippen molar-refractivity contribution >= 4 is 11.7 Å². The second-order valence-corrected chi connectivity index (χ2v) is 4.01. The molecular formula is C12H15NO2. The van der Waals surface area contributed by atoms with Gasteiger partial charge in [-0.3, -0.25) is 4.79 Å². The molecule has 1 aromatic rings. The van der Waals surface area contributed by atoms with Crippen LogP contribution in [0.25, 0.3) is 0 Å². The molecule has 1 heterocycles. The Bertz CT molecular complexity index is 387. The highest BCUT2D eigenvalue weighted by Crippen LogP contribution is 2.26. The number of carboxylic acid groups (broad SMARTS) is 1. The minimum absolute atomic E-state index is 0.419. The molecule has 0 aliphatic carbocycles. The van der Waals surface area contributed by atoms with E-state index >= 15 is 0 Å². The SMILES string of the molecule is CC(C(=O)O)c1ccc2c(c1)CCCN2. The Morgan fingerprint density at radius 2 is 2.33 bits per heavy atom. The first kappa shape index (κ1) is 10.0. The molecule has 0 fully saturated rings.